The summed E-state index contributed by atoms with van der Waals surface area (Å²) in [5.41, 5.74) is 10.7. The SMILES string of the molecule is c1ccc(-c2cc(-c3ccc(N(c4ccc(-c5cc6ccccc6c6ccccc56)cc4)c4cccc5sc6ccccc6c45)cc3)cc3ccccc23)cc1. The summed E-state index contributed by atoms with van der Waals surface area (Å²) >= 11 is 1.86. The Bertz CT molecular complexity index is 3230. The minimum Gasteiger partial charge on any atom is -0.310 e. The van der Waals surface area contributed by atoms with Gasteiger partial charge in [-0.25, -0.2) is 0 Å². The molecule has 262 valence electrons. The lowest BCUT2D eigenvalue weighted by Gasteiger charge is -2.27. The summed E-state index contributed by atoms with van der Waals surface area (Å²) in [5.74, 6) is 0. The van der Waals surface area contributed by atoms with E-state index in [-0.39, 0.29) is 0 Å². The van der Waals surface area contributed by atoms with Crippen LogP contribution in [-0.4, -0.2) is 0 Å². The van der Waals surface area contributed by atoms with Gasteiger partial charge in [0.2, 0.25) is 0 Å². The molecule has 2 heteroatoms. The number of rotatable bonds is 6. The van der Waals surface area contributed by atoms with Crippen molar-refractivity contribution in [2.75, 3.05) is 4.90 Å². The Balaban J connectivity index is 1.06. The molecule has 11 aromatic rings. The van der Waals surface area contributed by atoms with E-state index in [1.165, 1.54) is 91.6 Å². The van der Waals surface area contributed by atoms with Crippen molar-refractivity contribution in [1.82, 2.24) is 0 Å². The molecular weight excluding hydrogens is 695 g/mol. The van der Waals surface area contributed by atoms with Crippen molar-refractivity contribution in [2.24, 2.45) is 0 Å². The first kappa shape index (κ1) is 32.4. The number of hydrogen-bond donors (Lipinski definition) is 0. The van der Waals surface area contributed by atoms with Gasteiger partial charge in [0, 0.05) is 31.5 Å². The van der Waals surface area contributed by atoms with Gasteiger partial charge < -0.3 is 4.90 Å². The standard InChI is InChI=1S/C54H35NS/c1-2-13-37(14-3-1)49-35-41(33-39-15-4-7-18-45(39)49)36-25-29-42(30-26-36)55(51-22-12-24-53-54(51)48-21-10-11-23-52(48)56-53)43-31-27-38(28-32-43)50-34-40-16-5-6-17-44(40)46-19-8-9-20-47(46)50/h1-35H. The molecule has 10 aromatic carbocycles. The average molecular weight is 730 g/mol. The second-order valence-electron chi connectivity index (χ2n) is 14.5. The van der Waals surface area contributed by atoms with Gasteiger partial charge in [-0.05, 0) is 126 Å². The van der Waals surface area contributed by atoms with Gasteiger partial charge in [0.25, 0.3) is 0 Å². The highest BCUT2D eigenvalue weighted by Gasteiger charge is 2.19. The predicted octanol–water partition coefficient (Wildman–Crippen LogP) is 16.0. The van der Waals surface area contributed by atoms with Crippen LogP contribution in [0.2, 0.25) is 0 Å². The molecule has 0 fully saturated rings. The van der Waals surface area contributed by atoms with Crippen LogP contribution in [0.1, 0.15) is 0 Å². The predicted molar refractivity (Wildman–Crippen MR) is 243 cm³/mol. The van der Waals surface area contributed by atoms with Gasteiger partial charge in [-0.1, -0.05) is 152 Å². The molecule has 0 aliphatic rings. The number of fused-ring (bicyclic) bond motifs is 7. The Kier molecular flexibility index (Phi) is 7.75. The van der Waals surface area contributed by atoms with Gasteiger partial charge in [0.1, 0.15) is 0 Å². The lowest BCUT2D eigenvalue weighted by molar-refractivity contribution is 1.30. The van der Waals surface area contributed by atoms with Crippen LogP contribution in [0.4, 0.5) is 17.1 Å². The summed E-state index contributed by atoms with van der Waals surface area (Å²) in [6.45, 7) is 0. The summed E-state index contributed by atoms with van der Waals surface area (Å²) in [5, 5.41) is 10.2. The molecule has 0 N–H and O–H groups in total. The van der Waals surface area contributed by atoms with E-state index in [0.29, 0.717) is 0 Å². The van der Waals surface area contributed by atoms with Gasteiger partial charge in [0.15, 0.2) is 0 Å². The summed E-state index contributed by atoms with van der Waals surface area (Å²) in [6.07, 6.45) is 0. The van der Waals surface area contributed by atoms with E-state index in [2.05, 4.69) is 217 Å². The van der Waals surface area contributed by atoms with Crippen LogP contribution in [0.5, 0.6) is 0 Å². The van der Waals surface area contributed by atoms with Crippen LogP contribution in [0.15, 0.2) is 212 Å². The highest BCUT2D eigenvalue weighted by atomic mass is 32.1. The van der Waals surface area contributed by atoms with Crippen molar-refractivity contribution in [1.29, 1.82) is 0 Å². The van der Waals surface area contributed by atoms with Crippen LogP contribution in [-0.2, 0) is 0 Å². The third-order valence-corrected chi connectivity index (χ3v) is 12.4. The van der Waals surface area contributed by atoms with E-state index in [1.807, 2.05) is 11.3 Å². The van der Waals surface area contributed by atoms with E-state index < -0.39 is 0 Å². The zero-order valence-electron chi connectivity index (χ0n) is 30.6. The van der Waals surface area contributed by atoms with Crippen LogP contribution in [0, 0.1) is 0 Å². The Labute approximate surface area is 330 Å². The van der Waals surface area contributed by atoms with Crippen molar-refractivity contribution in [3.8, 4) is 33.4 Å². The van der Waals surface area contributed by atoms with E-state index >= 15 is 0 Å². The third-order valence-electron chi connectivity index (χ3n) is 11.2. The van der Waals surface area contributed by atoms with E-state index in [9.17, 15) is 0 Å². The molecule has 1 aromatic heterocycles. The van der Waals surface area contributed by atoms with Crippen LogP contribution in [0.3, 0.4) is 0 Å². The number of hydrogen-bond acceptors (Lipinski definition) is 2. The third kappa shape index (κ3) is 5.46. The van der Waals surface area contributed by atoms with Crippen molar-refractivity contribution in [2.45, 2.75) is 0 Å². The Hall–Kier alpha value is -7.00. The number of thiophene rings is 1. The quantitative estimate of drug-likeness (QED) is 0.154. The maximum absolute atomic E-state index is 2.43. The minimum absolute atomic E-state index is 1.12. The molecule has 56 heavy (non-hydrogen) atoms. The largest absolute Gasteiger partial charge is 0.310 e. The van der Waals surface area contributed by atoms with Crippen molar-refractivity contribution >= 4 is 80.9 Å². The fourth-order valence-corrected chi connectivity index (χ4v) is 9.72. The van der Waals surface area contributed by atoms with E-state index in [4.69, 9.17) is 0 Å². The lowest BCUT2D eigenvalue weighted by atomic mass is 9.93. The first-order chi connectivity index (χ1) is 27.8. The average Bonchev–Trinajstić information content (AvgIpc) is 3.66. The summed E-state index contributed by atoms with van der Waals surface area (Å²) < 4.78 is 2.59. The van der Waals surface area contributed by atoms with Crippen LogP contribution in [0.25, 0.3) is 85.9 Å². The highest BCUT2D eigenvalue weighted by Crippen LogP contribution is 2.46. The molecule has 0 saturated heterocycles. The Morgan fingerprint density at radius 2 is 0.839 bits per heavy atom. The molecular formula is C54H35NS. The smallest absolute Gasteiger partial charge is 0.0554 e. The molecule has 0 spiro atoms. The van der Waals surface area contributed by atoms with Gasteiger partial charge in [-0.15, -0.1) is 11.3 Å². The zero-order valence-corrected chi connectivity index (χ0v) is 31.4. The molecule has 0 saturated carbocycles. The van der Waals surface area contributed by atoms with Gasteiger partial charge in [0.05, 0.1) is 5.69 Å². The maximum atomic E-state index is 2.43. The molecule has 0 aliphatic carbocycles. The maximum Gasteiger partial charge on any atom is 0.0554 e. The number of anilines is 3. The van der Waals surface area contributed by atoms with E-state index in [0.717, 1.165) is 11.4 Å². The second-order valence-corrected chi connectivity index (χ2v) is 15.6. The molecule has 1 heterocycles. The van der Waals surface area contributed by atoms with Gasteiger partial charge in [-0.2, -0.15) is 0 Å². The molecule has 0 bridgehead atoms. The summed E-state index contributed by atoms with van der Waals surface area (Å²) in [4.78, 5) is 2.43. The van der Waals surface area contributed by atoms with E-state index in [1.54, 1.807) is 0 Å². The normalized spacial score (nSPS) is 11.6. The molecule has 1 nitrogen and oxygen atoms in total. The van der Waals surface area contributed by atoms with Crippen LogP contribution >= 0.6 is 11.3 Å². The van der Waals surface area contributed by atoms with Crippen molar-refractivity contribution < 1.29 is 0 Å². The highest BCUT2D eigenvalue weighted by molar-refractivity contribution is 7.26. The molecule has 0 atom stereocenters. The van der Waals surface area contributed by atoms with Crippen molar-refractivity contribution in [3.63, 3.8) is 0 Å². The fraction of sp³-hybridized carbons (Fsp3) is 0. The zero-order chi connectivity index (χ0) is 37.0. The summed E-state index contributed by atoms with van der Waals surface area (Å²) in [7, 11) is 0. The Morgan fingerprint density at radius 3 is 1.59 bits per heavy atom. The summed E-state index contributed by atoms with van der Waals surface area (Å²) in [6, 6.07) is 77.7. The molecule has 0 radical (unpaired) electrons. The lowest BCUT2D eigenvalue weighted by Crippen LogP contribution is -2.10. The topological polar surface area (TPSA) is 3.24 Å². The minimum atomic E-state index is 1.12. The Morgan fingerprint density at radius 1 is 0.304 bits per heavy atom. The number of nitrogens with zero attached hydrogens (tertiary/aromatic N) is 1. The van der Waals surface area contributed by atoms with Crippen LogP contribution < -0.4 is 4.90 Å². The molecule has 0 unspecified atom stereocenters. The van der Waals surface area contributed by atoms with Gasteiger partial charge in [-0.3, -0.25) is 0 Å². The molecule has 11 rings (SSSR count). The monoisotopic (exact) mass is 729 g/mol. The second kappa shape index (κ2) is 13.4. The first-order valence-corrected chi connectivity index (χ1v) is 20.0. The van der Waals surface area contributed by atoms with Crippen molar-refractivity contribution in [3.05, 3.63) is 212 Å². The molecule has 0 amide bonds. The molecule has 0 aliphatic heterocycles. The fourth-order valence-electron chi connectivity index (χ4n) is 8.59. The number of benzene rings is 10. The first-order valence-electron chi connectivity index (χ1n) is 19.2. The van der Waals surface area contributed by atoms with Gasteiger partial charge >= 0.3 is 0 Å².